The van der Waals surface area contributed by atoms with Crippen LogP contribution < -0.4 is 21.2 Å². The highest BCUT2D eigenvalue weighted by Gasteiger charge is 2.25. The van der Waals surface area contributed by atoms with Crippen molar-refractivity contribution in [3.63, 3.8) is 0 Å². The molecular formula is C30H26P2. The second-order valence-corrected chi connectivity index (χ2v) is 12.3. The predicted octanol–water partition coefficient (Wildman–Crippen LogP) is 6.47. The Kier molecular flexibility index (Phi) is 6.74. The van der Waals surface area contributed by atoms with E-state index in [1.807, 2.05) is 0 Å². The van der Waals surface area contributed by atoms with E-state index in [1.165, 1.54) is 26.8 Å². The first-order chi connectivity index (χ1) is 15.9. The third kappa shape index (κ3) is 4.68. The van der Waals surface area contributed by atoms with E-state index in [0.717, 1.165) is 12.6 Å². The van der Waals surface area contributed by atoms with Crippen LogP contribution in [-0.2, 0) is 0 Å². The van der Waals surface area contributed by atoms with Crippen molar-refractivity contribution in [3.8, 4) is 0 Å². The first-order valence-corrected chi connectivity index (χ1v) is 13.9. The van der Waals surface area contributed by atoms with Gasteiger partial charge < -0.3 is 0 Å². The second-order valence-electron chi connectivity index (χ2n) is 7.84. The molecule has 1 aliphatic rings. The lowest BCUT2D eigenvalue weighted by Crippen LogP contribution is -2.16. The van der Waals surface area contributed by atoms with Gasteiger partial charge in [-0.3, -0.25) is 0 Å². The van der Waals surface area contributed by atoms with Crippen LogP contribution in [0.3, 0.4) is 0 Å². The molecule has 0 saturated heterocycles. The number of allylic oxidation sites excluding steroid dienone is 4. The van der Waals surface area contributed by atoms with Crippen LogP contribution in [0.5, 0.6) is 0 Å². The van der Waals surface area contributed by atoms with Gasteiger partial charge in [0, 0.05) is 6.16 Å². The first kappa shape index (κ1) is 21.1. The lowest BCUT2D eigenvalue weighted by atomic mass is 10.3. The summed E-state index contributed by atoms with van der Waals surface area (Å²) < 4.78 is 0. The fraction of sp³-hybridized carbons (Fsp3) is 0.0667. The van der Waals surface area contributed by atoms with Crippen LogP contribution in [-0.4, -0.2) is 6.16 Å². The standard InChI is InChI=1S/C30H26P2/c1-5-15-26(16-6-1)31(27-17-7-2-8-18-27)24-25-14-13-23-30(25)32(28-19-9-3-10-20-28)29-21-11-4-12-22-29/h1-22H,23-24H2. The first-order valence-electron chi connectivity index (χ1n) is 11.1. The molecule has 5 rings (SSSR count). The van der Waals surface area contributed by atoms with Crippen molar-refractivity contribution in [2.45, 2.75) is 6.42 Å². The average molecular weight is 448 g/mol. The normalized spacial score (nSPS) is 13.3. The Morgan fingerprint density at radius 2 is 0.906 bits per heavy atom. The fourth-order valence-corrected chi connectivity index (χ4v) is 9.33. The van der Waals surface area contributed by atoms with Crippen LogP contribution in [0.2, 0.25) is 0 Å². The molecule has 0 radical (unpaired) electrons. The molecule has 0 aromatic heterocycles. The predicted molar refractivity (Wildman–Crippen MR) is 144 cm³/mol. The van der Waals surface area contributed by atoms with Crippen molar-refractivity contribution in [2.24, 2.45) is 0 Å². The van der Waals surface area contributed by atoms with Gasteiger partial charge in [-0.05, 0) is 54.4 Å². The van der Waals surface area contributed by atoms with E-state index in [1.54, 1.807) is 5.31 Å². The summed E-state index contributed by atoms with van der Waals surface area (Å²) in [7, 11) is -0.982. The zero-order valence-electron chi connectivity index (χ0n) is 18.0. The molecule has 4 aromatic carbocycles. The Bertz CT molecular complexity index is 1120. The van der Waals surface area contributed by atoms with Crippen molar-refractivity contribution in [3.05, 3.63) is 144 Å². The molecule has 0 unspecified atom stereocenters. The van der Waals surface area contributed by atoms with Crippen molar-refractivity contribution in [2.75, 3.05) is 6.16 Å². The third-order valence-electron chi connectivity index (χ3n) is 5.76. The Labute approximate surface area is 193 Å². The lowest BCUT2D eigenvalue weighted by Gasteiger charge is -2.25. The maximum absolute atomic E-state index is 2.40. The molecule has 2 heteroatoms. The summed E-state index contributed by atoms with van der Waals surface area (Å²) in [5.41, 5.74) is 1.53. The van der Waals surface area contributed by atoms with Crippen LogP contribution in [0.15, 0.2) is 144 Å². The minimum absolute atomic E-state index is 0.450. The fourth-order valence-electron chi connectivity index (χ4n) is 4.25. The molecule has 0 heterocycles. The van der Waals surface area contributed by atoms with Crippen LogP contribution in [0.25, 0.3) is 0 Å². The SMILES string of the molecule is C1=CC(CP(c2ccccc2)c2ccccc2)=C(P(c2ccccc2)c2ccccc2)C1. The molecule has 32 heavy (non-hydrogen) atoms. The molecule has 4 aromatic rings. The van der Waals surface area contributed by atoms with E-state index in [4.69, 9.17) is 0 Å². The Morgan fingerprint density at radius 3 is 1.34 bits per heavy atom. The van der Waals surface area contributed by atoms with Gasteiger partial charge in [-0.15, -0.1) is 0 Å². The molecule has 1 aliphatic carbocycles. The van der Waals surface area contributed by atoms with Gasteiger partial charge in [-0.2, -0.15) is 0 Å². The number of hydrogen-bond acceptors (Lipinski definition) is 0. The van der Waals surface area contributed by atoms with Crippen molar-refractivity contribution in [1.29, 1.82) is 0 Å². The topological polar surface area (TPSA) is 0 Å². The zero-order chi connectivity index (χ0) is 21.6. The summed E-state index contributed by atoms with van der Waals surface area (Å²) >= 11 is 0. The summed E-state index contributed by atoms with van der Waals surface area (Å²) in [6, 6.07) is 44.3. The Balaban J connectivity index is 1.58. The van der Waals surface area contributed by atoms with Gasteiger partial charge in [0.1, 0.15) is 0 Å². The maximum atomic E-state index is 2.40. The summed E-state index contributed by atoms with van der Waals surface area (Å²) in [6.45, 7) is 0. The summed E-state index contributed by atoms with van der Waals surface area (Å²) in [4.78, 5) is 0. The number of hydrogen-bond donors (Lipinski definition) is 0. The van der Waals surface area contributed by atoms with Crippen LogP contribution in [0.4, 0.5) is 0 Å². The second kappa shape index (κ2) is 10.2. The molecule has 0 nitrogen and oxygen atoms in total. The monoisotopic (exact) mass is 448 g/mol. The maximum Gasteiger partial charge on any atom is 0.00108 e. The van der Waals surface area contributed by atoms with Gasteiger partial charge in [-0.1, -0.05) is 133 Å². The summed E-state index contributed by atoms with van der Waals surface area (Å²) in [5.74, 6) is 0. The van der Waals surface area contributed by atoms with Gasteiger partial charge in [0.05, 0.1) is 0 Å². The van der Waals surface area contributed by atoms with Gasteiger partial charge in [0.25, 0.3) is 0 Å². The van der Waals surface area contributed by atoms with E-state index >= 15 is 0 Å². The number of rotatable bonds is 7. The molecule has 0 amide bonds. The van der Waals surface area contributed by atoms with E-state index in [0.29, 0.717) is 0 Å². The zero-order valence-corrected chi connectivity index (χ0v) is 19.8. The van der Waals surface area contributed by atoms with Gasteiger partial charge in [0.15, 0.2) is 0 Å². The largest absolute Gasteiger partial charge is 0.0798 e. The van der Waals surface area contributed by atoms with Gasteiger partial charge >= 0.3 is 0 Å². The van der Waals surface area contributed by atoms with Crippen LogP contribution in [0.1, 0.15) is 6.42 Å². The van der Waals surface area contributed by atoms with E-state index in [2.05, 4.69) is 133 Å². The van der Waals surface area contributed by atoms with Crippen molar-refractivity contribution in [1.82, 2.24) is 0 Å². The Morgan fingerprint density at radius 1 is 0.500 bits per heavy atom. The molecule has 0 fully saturated rings. The Hall–Kier alpha value is -2.78. The number of benzene rings is 4. The molecule has 0 spiro atoms. The average Bonchev–Trinajstić information content (AvgIpc) is 3.33. The van der Waals surface area contributed by atoms with Gasteiger partial charge in [0.2, 0.25) is 0 Å². The molecule has 0 bridgehead atoms. The minimum Gasteiger partial charge on any atom is -0.0798 e. The molecular weight excluding hydrogens is 422 g/mol. The van der Waals surface area contributed by atoms with Crippen LogP contribution in [0, 0.1) is 0 Å². The molecule has 156 valence electrons. The van der Waals surface area contributed by atoms with E-state index < -0.39 is 15.8 Å². The van der Waals surface area contributed by atoms with Gasteiger partial charge in [-0.25, -0.2) is 0 Å². The molecule has 0 N–H and O–H groups in total. The van der Waals surface area contributed by atoms with Crippen molar-refractivity contribution < 1.29 is 0 Å². The minimum atomic E-state index is -0.532. The third-order valence-corrected chi connectivity index (χ3v) is 10.9. The highest BCUT2D eigenvalue weighted by Crippen LogP contribution is 2.51. The smallest absolute Gasteiger partial charge is 0.00108 e. The van der Waals surface area contributed by atoms with E-state index in [-0.39, 0.29) is 0 Å². The molecule has 0 aliphatic heterocycles. The lowest BCUT2D eigenvalue weighted by molar-refractivity contribution is 1.38. The molecule has 0 saturated carbocycles. The van der Waals surface area contributed by atoms with E-state index in [9.17, 15) is 0 Å². The summed E-state index contributed by atoms with van der Waals surface area (Å²) in [5, 5.41) is 7.38. The highest BCUT2D eigenvalue weighted by molar-refractivity contribution is 7.77. The quantitative estimate of drug-likeness (QED) is 0.285. The highest BCUT2D eigenvalue weighted by atomic mass is 31.1. The molecule has 0 atom stereocenters. The summed E-state index contributed by atoms with van der Waals surface area (Å²) in [6.07, 6.45) is 6.92. The van der Waals surface area contributed by atoms with Crippen molar-refractivity contribution >= 4 is 37.1 Å². The van der Waals surface area contributed by atoms with Crippen LogP contribution >= 0.6 is 15.8 Å².